The van der Waals surface area contributed by atoms with Gasteiger partial charge in [-0.15, -0.1) is 10.2 Å². The second-order valence-electron chi connectivity index (χ2n) is 5.40. The van der Waals surface area contributed by atoms with Gasteiger partial charge in [0.05, 0.1) is 0 Å². The summed E-state index contributed by atoms with van der Waals surface area (Å²) in [6.07, 6.45) is 0.758. The molecule has 0 spiro atoms. The lowest BCUT2D eigenvalue weighted by Crippen LogP contribution is -1.98. The van der Waals surface area contributed by atoms with Gasteiger partial charge in [0, 0.05) is 16.6 Å². The van der Waals surface area contributed by atoms with Gasteiger partial charge in [0.25, 0.3) is 5.22 Å². The fraction of sp³-hybridized carbons (Fsp3) is 0.222. The molecule has 0 radical (unpaired) electrons. The van der Waals surface area contributed by atoms with Crippen LogP contribution in [0.1, 0.15) is 29.9 Å². The number of thioether (sulfide) groups is 1. The van der Waals surface area contributed by atoms with E-state index in [1.54, 1.807) is 11.8 Å². The normalized spacial score (nSPS) is 12.3. The zero-order valence-electron chi connectivity index (χ0n) is 12.8. The summed E-state index contributed by atoms with van der Waals surface area (Å²) in [4.78, 5) is 0. The Balaban J connectivity index is 1.58. The molecule has 0 bridgehead atoms. The van der Waals surface area contributed by atoms with Gasteiger partial charge in [-0.1, -0.05) is 77.1 Å². The minimum atomic E-state index is 0.361. The number of benzene rings is 2. The third kappa shape index (κ3) is 4.69. The summed E-state index contributed by atoms with van der Waals surface area (Å²) in [6, 6.07) is 18.6. The molecule has 3 nitrogen and oxygen atoms in total. The molecule has 0 N–H and O–H groups in total. The molecule has 0 aliphatic carbocycles. The molecule has 0 saturated heterocycles. The van der Waals surface area contributed by atoms with Crippen molar-refractivity contribution in [3.63, 3.8) is 0 Å². The first-order valence-electron chi connectivity index (χ1n) is 7.45. The molecule has 0 fully saturated rings. The van der Waals surface area contributed by atoms with Crippen LogP contribution in [0.3, 0.4) is 0 Å². The van der Waals surface area contributed by atoms with Crippen LogP contribution >= 0.6 is 27.7 Å². The molecule has 0 amide bonds. The Morgan fingerprint density at radius 2 is 1.91 bits per heavy atom. The SMILES string of the molecule is CC(Cc1nnc(SCc2cccc(Br)c2)o1)c1ccccc1. The van der Waals surface area contributed by atoms with Gasteiger partial charge in [-0.25, -0.2) is 0 Å². The van der Waals surface area contributed by atoms with Crippen molar-refractivity contribution in [1.82, 2.24) is 10.2 Å². The highest BCUT2D eigenvalue weighted by molar-refractivity contribution is 9.10. The lowest BCUT2D eigenvalue weighted by Gasteiger charge is -2.08. The first-order chi connectivity index (χ1) is 11.2. The molecule has 23 heavy (non-hydrogen) atoms. The Labute approximate surface area is 148 Å². The number of hydrogen-bond acceptors (Lipinski definition) is 4. The third-order valence-corrected chi connectivity index (χ3v) is 4.93. The van der Waals surface area contributed by atoms with Crippen molar-refractivity contribution in [2.45, 2.75) is 30.2 Å². The van der Waals surface area contributed by atoms with Crippen molar-refractivity contribution in [3.05, 3.63) is 76.1 Å². The molecule has 1 aromatic heterocycles. The number of rotatable bonds is 6. The zero-order chi connectivity index (χ0) is 16.1. The average Bonchev–Trinajstić information content (AvgIpc) is 3.01. The van der Waals surface area contributed by atoms with E-state index in [9.17, 15) is 0 Å². The van der Waals surface area contributed by atoms with Crippen LogP contribution in [0.15, 0.2) is 68.7 Å². The lowest BCUT2D eigenvalue weighted by molar-refractivity contribution is 0.404. The second kappa shape index (κ2) is 7.79. The molecule has 0 aliphatic heterocycles. The van der Waals surface area contributed by atoms with E-state index >= 15 is 0 Å². The fourth-order valence-electron chi connectivity index (χ4n) is 2.31. The Morgan fingerprint density at radius 1 is 1.09 bits per heavy atom. The topological polar surface area (TPSA) is 38.9 Å². The molecule has 1 unspecified atom stereocenters. The largest absolute Gasteiger partial charge is 0.416 e. The summed E-state index contributed by atoms with van der Waals surface area (Å²) in [6.45, 7) is 2.17. The molecular formula is C18H17BrN2OS. The van der Waals surface area contributed by atoms with Crippen molar-refractivity contribution < 1.29 is 4.42 Å². The van der Waals surface area contributed by atoms with Gasteiger partial charge < -0.3 is 4.42 Å². The van der Waals surface area contributed by atoms with Gasteiger partial charge in [0.1, 0.15) is 0 Å². The van der Waals surface area contributed by atoms with Crippen LogP contribution in [0.25, 0.3) is 0 Å². The standard InChI is InChI=1S/C18H17BrN2OS/c1-13(15-7-3-2-4-8-15)10-17-20-21-18(22-17)23-12-14-6-5-9-16(19)11-14/h2-9,11,13H,10,12H2,1H3. The lowest BCUT2D eigenvalue weighted by atomic mass is 9.98. The Kier molecular flexibility index (Phi) is 5.51. The minimum Gasteiger partial charge on any atom is -0.416 e. The van der Waals surface area contributed by atoms with E-state index < -0.39 is 0 Å². The van der Waals surface area contributed by atoms with E-state index in [-0.39, 0.29) is 0 Å². The molecule has 1 atom stereocenters. The van der Waals surface area contributed by atoms with Gasteiger partial charge in [0.15, 0.2) is 0 Å². The molecule has 0 saturated carbocycles. The zero-order valence-corrected chi connectivity index (χ0v) is 15.2. The van der Waals surface area contributed by atoms with Crippen LogP contribution in [0.4, 0.5) is 0 Å². The monoisotopic (exact) mass is 388 g/mol. The van der Waals surface area contributed by atoms with Crippen LogP contribution in [0.2, 0.25) is 0 Å². The number of hydrogen-bond donors (Lipinski definition) is 0. The van der Waals surface area contributed by atoms with Crippen molar-refractivity contribution in [1.29, 1.82) is 0 Å². The van der Waals surface area contributed by atoms with Gasteiger partial charge in [-0.3, -0.25) is 0 Å². The maximum Gasteiger partial charge on any atom is 0.276 e. The number of halogens is 1. The van der Waals surface area contributed by atoms with E-state index in [0.29, 0.717) is 17.0 Å². The van der Waals surface area contributed by atoms with Gasteiger partial charge in [-0.2, -0.15) is 0 Å². The smallest absolute Gasteiger partial charge is 0.276 e. The second-order valence-corrected chi connectivity index (χ2v) is 7.24. The Bertz CT molecular complexity index is 760. The van der Waals surface area contributed by atoms with Gasteiger partial charge >= 0.3 is 0 Å². The maximum absolute atomic E-state index is 5.76. The van der Waals surface area contributed by atoms with Crippen LogP contribution in [0.5, 0.6) is 0 Å². The van der Waals surface area contributed by atoms with Crippen LogP contribution in [-0.2, 0) is 12.2 Å². The van der Waals surface area contributed by atoms with Crippen molar-refractivity contribution in [3.8, 4) is 0 Å². The Hall–Kier alpha value is -1.59. The van der Waals surface area contributed by atoms with E-state index in [1.807, 2.05) is 18.2 Å². The summed E-state index contributed by atoms with van der Waals surface area (Å²) in [7, 11) is 0. The van der Waals surface area contributed by atoms with Gasteiger partial charge in [0.2, 0.25) is 5.89 Å². The van der Waals surface area contributed by atoms with E-state index in [1.165, 1.54) is 11.1 Å². The fourth-order valence-corrected chi connectivity index (χ4v) is 3.48. The summed E-state index contributed by atoms with van der Waals surface area (Å²) >= 11 is 5.05. The van der Waals surface area contributed by atoms with E-state index in [2.05, 4.69) is 69.4 Å². The van der Waals surface area contributed by atoms with Crippen LogP contribution in [0, 0.1) is 0 Å². The van der Waals surface area contributed by atoms with Crippen molar-refractivity contribution in [2.75, 3.05) is 0 Å². The summed E-state index contributed by atoms with van der Waals surface area (Å²) in [5.74, 6) is 1.87. The van der Waals surface area contributed by atoms with Crippen LogP contribution in [-0.4, -0.2) is 10.2 Å². The highest BCUT2D eigenvalue weighted by atomic mass is 79.9. The molecular weight excluding hydrogens is 372 g/mol. The molecule has 3 aromatic rings. The summed E-state index contributed by atoms with van der Waals surface area (Å²) in [5, 5.41) is 8.92. The molecule has 1 heterocycles. The first-order valence-corrected chi connectivity index (χ1v) is 9.23. The molecule has 0 aliphatic rings. The summed E-state index contributed by atoms with van der Waals surface area (Å²) in [5.41, 5.74) is 2.51. The van der Waals surface area contributed by atoms with Gasteiger partial charge in [-0.05, 0) is 29.2 Å². The highest BCUT2D eigenvalue weighted by Crippen LogP contribution is 2.25. The predicted molar refractivity (Wildman–Crippen MR) is 96.6 cm³/mol. The number of aromatic nitrogens is 2. The molecule has 2 aromatic carbocycles. The minimum absolute atomic E-state index is 0.361. The molecule has 3 rings (SSSR count). The van der Waals surface area contributed by atoms with E-state index in [4.69, 9.17) is 4.42 Å². The number of nitrogens with zero attached hydrogens (tertiary/aromatic N) is 2. The quantitative estimate of drug-likeness (QED) is 0.524. The first kappa shape index (κ1) is 16.3. The van der Waals surface area contributed by atoms with Crippen LogP contribution < -0.4 is 0 Å². The van der Waals surface area contributed by atoms with E-state index in [0.717, 1.165) is 16.6 Å². The maximum atomic E-state index is 5.76. The average molecular weight is 389 g/mol. The van der Waals surface area contributed by atoms with Crippen molar-refractivity contribution in [2.24, 2.45) is 0 Å². The molecule has 5 heteroatoms. The molecule has 118 valence electrons. The summed E-state index contributed by atoms with van der Waals surface area (Å²) < 4.78 is 6.84. The van der Waals surface area contributed by atoms with Crippen molar-refractivity contribution >= 4 is 27.7 Å². The third-order valence-electron chi connectivity index (χ3n) is 3.55. The Morgan fingerprint density at radius 3 is 2.70 bits per heavy atom. The predicted octanol–water partition coefficient (Wildman–Crippen LogP) is 5.47. The highest BCUT2D eigenvalue weighted by Gasteiger charge is 2.12.